The number of anilines is 2. The summed E-state index contributed by atoms with van der Waals surface area (Å²) >= 11 is 0. The Morgan fingerprint density at radius 2 is 1.91 bits per heavy atom. The average molecular weight is 461 g/mol. The monoisotopic (exact) mass is 460 g/mol. The van der Waals surface area contributed by atoms with Gasteiger partial charge < -0.3 is 24.4 Å². The number of nitrogens with zero attached hydrogens (tertiary/aromatic N) is 1. The predicted octanol–water partition coefficient (Wildman–Crippen LogP) is 4.84. The van der Waals surface area contributed by atoms with E-state index in [1.807, 2.05) is 31.2 Å². The van der Waals surface area contributed by atoms with Gasteiger partial charge in [-0.25, -0.2) is 0 Å². The number of carbonyl (C=O) groups is 2. The van der Waals surface area contributed by atoms with Crippen LogP contribution in [-0.2, 0) is 4.79 Å². The van der Waals surface area contributed by atoms with E-state index in [1.54, 1.807) is 54.5 Å². The van der Waals surface area contributed by atoms with E-state index in [1.165, 1.54) is 0 Å². The molecule has 176 valence electrons. The van der Waals surface area contributed by atoms with Crippen LogP contribution in [0.25, 0.3) is 0 Å². The maximum absolute atomic E-state index is 12.7. The van der Waals surface area contributed by atoms with E-state index in [2.05, 4.69) is 5.32 Å². The Hall–Kier alpha value is -4.00. The fourth-order valence-corrected chi connectivity index (χ4v) is 3.77. The van der Waals surface area contributed by atoms with E-state index < -0.39 is 0 Å². The van der Waals surface area contributed by atoms with Gasteiger partial charge >= 0.3 is 0 Å². The third-order valence-electron chi connectivity index (χ3n) is 5.62. The maximum atomic E-state index is 12.7. The minimum atomic E-state index is -0.262. The van der Waals surface area contributed by atoms with E-state index in [-0.39, 0.29) is 18.4 Å². The molecule has 1 aliphatic rings. The molecule has 1 heterocycles. The van der Waals surface area contributed by atoms with Gasteiger partial charge in [0.2, 0.25) is 0 Å². The number of aryl methyl sites for hydroxylation is 1. The summed E-state index contributed by atoms with van der Waals surface area (Å²) in [7, 11) is 1.56. The number of carbonyl (C=O) groups excluding carboxylic acids is 2. The molecule has 1 N–H and O–H groups in total. The summed E-state index contributed by atoms with van der Waals surface area (Å²) in [6, 6.07) is 20.2. The van der Waals surface area contributed by atoms with Gasteiger partial charge in [-0.2, -0.15) is 0 Å². The highest BCUT2D eigenvalue weighted by Crippen LogP contribution is 2.35. The number of hydrogen-bond acceptors (Lipinski definition) is 5. The molecule has 0 atom stereocenters. The molecule has 0 saturated heterocycles. The molecular weight excluding hydrogens is 432 g/mol. The first kappa shape index (κ1) is 23.2. The van der Waals surface area contributed by atoms with E-state index in [4.69, 9.17) is 14.2 Å². The van der Waals surface area contributed by atoms with Crippen LogP contribution in [0.5, 0.6) is 17.2 Å². The van der Waals surface area contributed by atoms with Crippen LogP contribution in [0.15, 0.2) is 66.7 Å². The molecule has 3 aromatic rings. The topological polar surface area (TPSA) is 77.1 Å². The SMILES string of the molecule is COc1cccc(C(=O)Nc2ccc3c(c2)N(CCCCOc2ccccc2C)C(=O)CO3)c1. The van der Waals surface area contributed by atoms with Crippen LogP contribution < -0.4 is 24.4 Å². The van der Waals surface area contributed by atoms with Crippen molar-refractivity contribution < 1.29 is 23.8 Å². The van der Waals surface area contributed by atoms with Gasteiger partial charge in [0.25, 0.3) is 11.8 Å². The normalized spacial score (nSPS) is 12.5. The zero-order valence-electron chi connectivity index (χ0n) is 19.4. The Morgan fingerprint density at radius 1 is 1.06 bits per heavy atom. The Kier molecular flexibility index (Phi) is 7.32. The Morgan fingerprint density at radius 3 is 2.74 bits per heavy atom. The van der Waals surface area contributed by atoms with Crippen LogP contribution in [0, 0.1) is 6.92 Å². The number of nitrogens with one attached hydrogen (secondary N) is 1. The van der Waals surface area contributed by atoms with Crippen molar-refractivity contribution in [2.24, 2.45) is 0 Å². The molecule has 0 spiro atoms. The molecule has 4 rings (SSSR count). The van der Waals surface area contributed by atoms with Crippen molar-refractivity contribution in [3.63, 3.8) is 0 Å². The largest absolute Gasteiger partial charge is 0.497 e. The summed E-state index contributed by atoms with van der Waals surface area (Å²) < 4.78 is 16.6. The van der Waals surface area contributed by atoms with E-state index in [0.29, 0.717) is 41.6 Å². The first-order valence-electron chi connectivity index (χ1n) is 11.3. The summed E-state index contributed by atoms with van der Waals surface area (Å²) in [5.74, 6) is 1.74. The molecule has 0 fully saturated rings. The molecule has 34 heavy (non-hydrogen) atoms. The highest BCUT2D eigenvalue weighted by Gasteiger charge is 2.25. The van der Waals surface area contributed by atoms with Gasteiger partial charge in [-0.05, 0) is 67.8 Å². The van der Waals surface area contributed by atoms with Gasteiger partial charge in [0.05, 0.1) is 19.4 Å². The fourth-order valence-electron chi connectivity index (χ4n) is 3.77. The number of amides is 2. The smallest absolute Gasteiger partial charge is 0.265 e. The Labute approximate surface area is 199 Å². The predicted molar refractivity (Wildman–Crippen MR) is 131 cm³/mol. The van der Waals surface area contributed by atoms with E-state index >= 15 is 0 Å². The second-order valence-corrected chi connectivity index (χ2v) is 8.02. The molecule has 2 amide bonds. The van der Waals surface area contributed by atoms with Crippen molar-refractivity contribution in [3.05, 3.63) is 77.9 Å². The van der Waals surface area contributed by atoms with Crippen LogP contribution in [0.3, 0.4) is 0 Å². The second-order valence-electron chi connectivity index (χ2n) is 8.02. The van der Waals surface area contributed by atoms with Crippen molar-refractivity contribution in [2.45, 2.75) is 19.8 Å². The summed E-state index contributed by atoms with van der Waals surface area (Å²) in [5.41, 5.74) is 2.82. The molecule has 0 saturated carbocycles. The molecule has 1 aliphatic heterocycles. The van der Waals surface area contributed by atoms with Crippen LogP contribution in [0.4, 0.5) is 11.4 Å². The summed E-state index contributed by atoms with van der Waals surface area (Å²) in [6.45, 7) is 3.14. The van der Waals surface area contributed by atoms with Crippen LogP contribution in [-0.4, -0.2) is 38.7 Å². The summed E-state index contributed by atoms with van der Waals surface area (Å²) in [6.07, 6.45) is 1.58. The molecule has 0 radical (unpaired) electrons. The zero-order valence-corrected chi connectivity index (χ0v) is 19.4. The first-order valence-corrected chi connectivity index (χ1v) is 11.3. The number of methoxy groups -OCH3 is 1. The highest BCUT2D eigenvalue weighted by molar-refractivity contribution is 6.05. The van der Waals surface area contributed by atoms with Gasteiger partial charge in [-0.1, -0.05) is 24.3 Å². The van der Waals surface area contributed by atoms with Crippen LogP contribution in [0.1, 0.15) is 28.8 Å². The van der Waals surface area contributed by atoms with Gasteiger partial charge in [0.15, 0.2) is 6.61 Å². The maximum Gasteiger partial charge on any atom is 0.265 e. The van der Waals surface area contributed by atoms with Crippen molar-refractivity contribution >= 4 is 23.2 Å². The Balaban J connectivity index is 1.38. The molecule has 0 aromatic heterocycles. The first-order chi connectivity index (χ1) is 16.5. The number of fused-ring (bicyclic) bond motifs is 1. The molecule has 0 aliphatic carbocycles. The summed E-state index contributed by atoms with van der Waals surface area (Å²) in [4.78, 5) is 27.0. The number of para-hydroxylation sites is 1. The number of benzene rings is 3. The lowest BCUT2D eigenvalue weighted by molar-refractivity contribution is -0.121. The summed E-state index contributed by atoms with van der Waals surface area (Å²) in [5, 5.41) is 2.89. The third kappa shape index (κ3) is 5.49. The number of ether oxygens (including phenoxy) is 3. The van der Waals surface area contributed by atoms with Crippen molar-refractivity contribution in [1.29, 1.82) is 0 Å². The second kappa shape index (κ2) is 10.7. The van der Waals surface area contributed by atoms with Gasteiger partial charge in [-0.3, -0.25) is 9.59 Å². The van der Waals surface area contributed by atoms with Crippen molar-refractivity contribution in [1.82, 2.24) is 0 Å². The lowest BCUT2D eigenvalue weighted by atomic mass is 10.1. The number of rotatable bonds is 9. The van der Waals surface area contributed by atoms with Gasteiger partial charge in [-0.15, -0.1) is 0 Å². The number of hydrogen-bond donors (Lipinski definition) is 1. The minimum absolute atomic E-state index is 0.00221. The van der Waals surface area contributed by atoms with Crippen molar-refractivity contribution in [2.75, 3.05) is 37.1 Å². The molecule has 7 nitrogen and oxygen atoms in total. The Bertz CT molecular complexity index is 1180. The van der Waals surface area contributed by atoms with Crippen molar-refractivity contribution in [3.8, 4) is 17.2 Å². The fraction of sp³-hybridized carbons (Fsp3) is 0.259. The van der Waals surface area contributed by atoms with Crippen LogP contribution in [0.2, 0.25) is 0 Å². The molecule has 0 bridgehead atoms. The van der Waals surface area contributed by atoms with E-state index in [9.17, 15) is 9.59 Å². The molecular formula is C27H28N2O5. The molecule has 0 unspecified atom stereocenters. The number of unbranched alkanes of at least 4 members (excludes halogenated alkanes) is 1. The lowest BCUT2D eigenvalue weighted by Crippen LogP contribution is -2.39. The van der Waals surface area contributed by atoms with Crippen LogP contribution >= 0.6 is 0 Å². The quantitative estimate of drug-likeness (QED) is 0.463. The van der Waals surface area contributed by atoms with Gasteiger partial charge in [0.1, 0.15) is 17.2 Å². The van der Waals surface area contributed by atoms with Gasteiger partial charge in [0, 0.05) is 17.8 Å². The lowest BCUT2D eigenvalue weighted by Gasteiger charge is -2.30. The zero-order chi connectivity index (χ0) is 23.9. The van der Waals surface area contributed by atoms with E-state index in [0.717, 1.165) is 24.2 Å². The average Bonchev–Trinajstić information content (AvgIpc) is 2.86. The third-order valence-corrected chi connectivity index (χ3v) is 5.62. The minimum Gasteiger partial charge on any atom is -0.497 e. The standard InChI is InChI=1S/C27H28N2O5/c1-19-8-3-4-11-24(19)33-15-6-5-14-29-23-17-21(12-13-25(23)34-18-26(29)30)28-27(31)20-9-7-10-22(16-20)32-2/h3-4,7-13,16-17H,5-6,14-15,18H2,1-2H3,(H,28,31). The molecule has 3 aromatic carbocycles. The molecule has 7 heteroatoms. The highest BCUT2D eigenvalue weighted by atomic mass is 16.5.